The molecule has 0 fully saturated rings. The maximum atomic E-state index is 11.9. The summed E-state index contributed by atoms with van der Waals surface area (Å²) in [6, 6.07) is 8.41. The van der Waals surface area contributed by atoms with Crippen molar-refractivity contribution in [2.75, 3.05) is 30.8 Å². The Bertz CT molecular complexity index is 684. The molecule has 1 heterocycles. The highest BCUT2D eigenvalue weighted by molar-refractivity contribution is 6.30. The first-order valence-electron chi connectivity index (χ1n) is 6.89. The lowest BCUT2D eigenvalue weighted by atomic mass is 10.3. The van der Waals surface area contributed by atoms with E-state index in [9.17, 15) is 9.59 Å². The third-order valence-corrected chi connectivity index (χ3v) is 3.10. The summed E-state index contributed by atoms with van der Waals surface area (Å²) in [7, 11) is 1.68. The SMILES string of the molecule is Cc1cc(NC(=O)CN(C)CC(=O)Nc2ccc(Cl)cc2)no1. The highest BCUT2D eigenvalue weighted by Gasteiger charge is 2.12. The van der Waals surface area contributed by atoms with Crippen LogP contribution in [0.1, 0.15) is 5.76 Å². The van der Waals surface area contributed by atoms with Crippen molar-refractivity contribution in [2.45, 2.75) is 6.92 Å². The molecule has 0 aliphatic carbocycles. The average Bonchev–Trinajstić information content (AvgIpc) is 2.86. The second-order valence-corrected chi connectivity index (χ2v) is 5.53. The normalized spacial score (nSPS) is 10.6. The number of carbonyl (C=O) groups is 2. The monoisotopic (exact) mass is 336 g/mol. The first-order chi connectivity index (χ1) is 10.9. The molecule has 2 N–H and O–H groups in total. The van der Waals surface area contributed by atoms with Crippen LogP contribution in [-0.2, 0) is 9.59 Å². The number of benzene rings is 1. The van der Waals surface area contributed by atoms with Crippen LogP contribution >= 0.6 is 11.6 Å². The van der Waals surface area contributed by atoms with Crippen molar-refractivity contribution < 1.29 is 14.1 Å². The molecule has 0 bridgehead atoms. The van der Waals surface area contributed by atoms with E-state index >= 15 is 0 Å². The van der Waals surface area contributed by atoms with Crippen LogP contribution in [0.5, 0.6) is 0 Å². The number of hydrogen-bond acceptors (Lipinski definition) is 5. The molecule has 2 aromatic rings. The molecule has 0 saturated heterocycles. The first-order valence-corrected chi connectivity index (χ1v) is 7.27. The number of hydrogen-bond donors (Lipinski definition) is 2. The number of nitrogens with one attached hydrogen (secondary N) is 2. The van der Waals surface area contributed by atoms with E-state index in [1.165, 1.54) is 0 Å². The van der Waals surface area contributed by atoms with Crippen LogP contribution in [-0.4, -0.2) is 42.0 Å². The van der Waals surface area contributed by atoms with Gasteiger partial charge in [0.05, 0.1) is 13.1 Å². The minimum absolute atomic E-state index is 0.0555. The van der Waals surface area contributed by atoms with Crippen molar-refractivity contribution in [3.05, 3.63) is 41.1 Å². The van der Waals surface area contributed by atoms with Crippen molar-refractivity contribution in [3.8, 4) is 0 Å². The van der Waals surface area contributed by atoms with Crippen LogP contribution < -0.4 is 10.6 Å². The quantitative estimate of drug-likeness (QED) is 0.844. The van der Waals surface area contributed by atoms with Crippen LogP contribution in [0.4, 0.5) is 11.5 Å². The van der Waals surface area contributed by atoms with E-state index in [1.54, 1.807) is 49.2 Å². The standard InChI is InChI=1S/C15H17ClN4O3/c1-10-7-13(19-23-10)18-15(22)9-20(2)8-14(21)17-12-5-3-11(16)4-6-12/h3-7H,8-9H2,1-2H3,(H,17,21)(H,18,19,22). The second kappa shape index (κ2) is 7.75. The fraction of sp³-hybridized carbons (Fsp3) is 0.267. The minimum Gasteiger partial charge on any atom is -0.360 e. The molecular weight excluding hydrogens is 320 g/mol. The van der Waals surface area contributed by atoms with Gasteiger partial charge in [-0.25, -0.2) is 0 Å². The van der Waals surface area contributed by atoms with Gasteiger partial charge in [-0.05, 0) is 38.2 Å². The van der Waals surface area contributed by atoms with E-state index in [2.05, 4.69) is 15.8 Å². The Balaban J connectivity index is 1.77. The number of rotatable bonds is 6. The van der Waals surface area contributed by atoms with Crippen LogP contribution in [0.25, 0.3) is 0 Å². The number of aromatic nitrogens is 1. The molecule has 7 nitrogen and oxygen atoms in total. The van der Waals surface area contributed by atoms with Gasteiger partial charge >= 0.3 is 0 Å². The van der Waals surface area contributed by atoms with Gasteiger partial charge < -0.3 is 15.2 Å². The summed E-state index contributed by atoms with van der Waals surface area (Å²) in [5, 5.41) is 9.59. The van der Waals surface area contributed by atoms with Crippen molar-refractivity contribution in [3.63, 3.8) is 0 Å². The summed E-state index contributed by atoms with van der Waals surface area (Å²) in [5.74, 6) is 0.461. The van der Waals surface area contributed by atoms with Gasteiger partial charge in [-0.2, -0.15) is 0 Å². The van der Waals surface area contributed by atoms with Gasteiger partial charge in [0.15, 0.2) is 5.82 Å². The average molecular weight is 337 g/mol. The van der Waals surface area contributed by atoms with Gasteiger partial charge in [0, 0.05) is 16.8 Å². The van der Waals surface area contributed by atoms with E-state index in [1.807, 2.05) is 0 Å². The molecule has 0 atom stereocenters. The zero-order valence-electron chi connectivity index (χ0n) is 12.8. The highest BCUT2D eigenvalue weighted by atomic mass is 35.5. The molecule has 1 aromatic heterocycles. The fourth-order valence-electron chi connectivity index (χ4n) is 1.89. The topological polar surface area (TPSA) is 87.5 Å². The smallest absolute Gasteiger partial charge is 0.239 e. The number of halogens is 1. The lowest BCUT2D eigenvalue weighted by Gasteiger charge is -2.15. The number of aryl methyl sites for hydroxylation is 1. The molecule has 8 heteroatoms. The Kier molecular flexibility index (Phi) is 5.72. The molecule has 122 valence electrons. The largest absolute Gasteiger partial charge is 0.360 e. The zero-order valence-corrected chi connectivity index (χ0v) is 13.6. The van der Waals surface area contributed by atoms with Crippen molar-refractivity contribution in [2.24, 2.45) is 0 Å². The number of amides is 2. The number of anilines is 2. The van der Waals surface area contributed by atoms with Gasteiger partial charge in [-0.1, -0.05) is 16.8 Å². The number of carbonyl (C=O) groups excluding carboxylic acids is 2. The Labute approximate surface area is 138 Å². The lowest BCUT2D eigenvalue weighted by Crippen LogP contribution is -2.36. The molecule has 0 saturated carbocycles. The van der Waals surface area contributed by atoms with E-state index in [-0.39, 0.29) is 24.9 Å². The minimum atomic E-state index is -0.278. The predicted molar refractivity (Wildman–Crippen MR) is 87.4 cm³/mol. The number of nitrogens with zero attached hydrogens (tertiary/aromatic N) is 2. The number of likely N-dealkylation sites (N-methyl/N-ethyl adjacent to an activating group) is 1. The summed E-state index contributed by atoms with van der Waals surface area (Å²) < 4.78 is 4.86. The van der Waals surface area contributed by atoms with Gasteiger partial charge in [-0.15, -0.1) is 0 Å². The summed E-state index contributed by atoms with van der Waals surface area (Å²) in [6.07, 6.45) is 0. The van der Waals surface area contributed by atoms with Gasteiger partial charge in [0.25, 0.3) is 0 Å². The molecule has 23 heavy (non-hydrogen) atoms. The fourth-order valence-corrected chi connectivity index (χ4v) is 2.01. The summed E-state index contributed by atoms with van der Waals surface area (Å²) >= 11 is 5.78. The van der Waals surface area contributed by atoms with E-state index in [4.69, 9.17) is 16.1 Å². The predicted octanol–water partition coefficient (Wildman–Crippen LogP) is 2.15. The van der Waals surface area contributed by atoms with Crippen LogP contribution in [0.3, 0.4) is 0 Å². The molecule has 0 aliphatic heterocycles. The summed E-state index contributed by atoms with van der Waals surface area (Å²) in [6.45, 7) is 1.86. The van der Waals surface area contributed by atoms with Crippen molar-refractivity contribution in [1.29, 1.82) is 0 Å². The zero-order chi connectivity index (χ0) is 16.8. The second-order valence-electron chi connectivity index (χ2n) is 5.10. The Morgan fingerprint density at radius 1 is 1.17 bits per heavy atom. The molecule has 0 spiro atoms. The highest BCUT2D eigenvalue weighted by Crippen LogP contribution is 2.13. The third kappa shape index (κ3) is 5.72. The van der Waals surface area contributed by atoms with Crippen LogP contribution in [0.2, 0.25) is 5.02 Å². The molecule has 0 radical (unpaired) electrons. The van der Waals surface area contributed by atoms with Crippen LogP contribution in [0.15, 0.2) is 34.9 Å². The van der Waals surface area contributed by atoms with Crippen LogP contribution in [0, 0.1) is 6.92 Å². The lowest BCUT2D eigenvalue weighted by molar-refractivity contribution is -0.119. The van der Waals surface area contributed by atoms with E-state index in [0.717, 1.165) is 0 Å². The summed E-state index contributed by atoms with van der Waals surface area (Å²) in [5.41, 5.74) is 0.648. The first kappa shape index (κ1) is 17.0. The van der Waals surface area contributed by atoms with Gasteiger partial charge in [0.2, 0.25) is 11.8 Å². The van der Waals surface area contributed by atoms with E-state index in [0.29, 0.717) is 22.3 Å². The maximum Gasteiger partial charge on any atom is 0.239 e. The van der Waals surface area contributed by atoms with E-state index < -0.39 is 0 Å². The third-order valence-electron chi connectivity index (χ3n) is 2.85. The molecule has 2 amide bonds. The summed E-state index contributed by atoms with van der Waals surface area (Å²) in [4.78, 5) is 25.3. The van der Waals surface area contributed by atoms with Crippen molar-refractivity contribution in [1.82, 2.24) is 10.1 Å². The molecule has 2 rings (SSSR count). The molecule has 0 aliphatic rings. The Morgan fingerprint density at radius 2 is 1.78 bits per heavy atom. The molecule has 1 aromatic carbocycles. The maximum absolute atomic E-state index is 11.9. The molecule has 0 unspecified atom stereocenters. The van der Waals surface area contributed by atoms with Crippen molar-refractivity contribution >= 4 is 34.9 Å². The van der Waals surface area contributed by atoms with Gasteiger partial charge in [0.1, 0.15) is 5.76 Å². The Morgan fingerprint density at radius 3 is 2.35 bits per heavy atom. The molecular formula is C15H17ClN4O3. The van der Waals surface area contributed by atoms with Gasteiger partial charge in [-0.3, -0.25) is 14.5 Å². The Hall–Kier alpha value is -2.38.